The molecule has 0 radical (unpaired) electrons. The average molecular weight is 740 g/mol. The third kappa shape index (κ3) is 6.05. The first-order valence-corrected chi connectivity index (χ1v) is 17.4. The number of tetrazole rings is 1. The van der Waals surface area contributed by atoms with Crippen molar-refractivity contribution in [3.63, 3.8) is 0 Å². The van der Waals surface area contributed by atoms with Gasteiger partial charge in [0, 0.05) is 58.7 Å². The number of fused-ring (bicyclic) bond motifs is 2. The van der Waals surface area contributed by atoms with Gasteiger partial charge in [0.05, 0.1) is 11.4 Å². The Labute approximate surface area is 279 Å². The molecule has 2 aliphatic heterocycles. The van der Waals surface area contributed by atoms with Crippen molar-refractivity contribution in [1.29, 1.82) is 0 Å². The van der Waals surface area contributed by atoms with Crippen molar-refractivity contribution in [1.82, 2.24) is 30.1 Å². The van der Waals surface area contributed by atoms with Crippen molar-refractivity contribution in [3.05, 3.63) is 91.1 Å². The van der Waals surface area contributed by atoms with Crippen molar-refractivity contribution < 1.29 is 4.79 Å². The highest BCUT2D eigenvalue weighted by Crippen LogP contribution is 2.46. The Kier molecular flexibility index (Phi) is 8.75. The van der Waals surface area contributed by atoms with Crippen LogP contribution in [0.25, 0.3) is 5.69 Å². The predicted octanol–water partition coefficient (Wildman–Crippen LogP) is 7.01. The van der Waals surface area contributed by atoms with E-state index in [9.17, 15) is 4.79 Å². The molecule has 3 aliphatic rings. The number of piperidine rings is 2. The number of hydrogen-bond donors (Lipinski definition) is 0. The third-order valence-corrected chi connectivity index (χ3v) is 10.9. The van der Waals surface area contributed by atoms with Gasteiger partial charge >= 0.3 is 0 Å². The minimum atomic E-state index is 0.177. The highest BCUT2D eigenvalue weighted by atomic mass is 79.9. The predicted molar refractivity (Wildman–Crippen MR) is 178 cm³/mol. The van der Waals surface area contributed by atoms with Crippen LogP contribution in [0, 0.1) is 11.8 Å². The molecular formula is C33H34Br2ClN7O. The van der Waals surface area contributed by atoms with Gasteiger partial charge in [-0.25, -0.2) is 0 Å². The fourth-order valence-electron chi connectivity index (χ4n) is 7.34. The lowest BCUT2D eigenvalue weighted by Crippen LogP contribution is -2.42. The molecule has 2 aromatic carbocycles. The zero-order valence-corrected chi connectivity index (χ0v) is 28.3. The monoisotopic (exact) mass is 737 g/mol. The van der Waals surface area contributed by atoms with Gasteiger partial charge in [0.15, 0.2) is 0 Å². The van der Waals surface area contributed by atoms with Gasteiger partial charge in [0.2, 0.25) is 11.9 Å². The van der Waals surface area contributed by atoms with Gasteiger partial charge in [-0.05, 0) is 124 Å². The first kappa shape index (κ1) is 29.9. The summed E-state index contributed by atoms with van der Waals surface area (Å²) >= 11 is 14.0. The maximum Gasteiger partial charge on any atom is 0.250 e. The van der Waals surface area contributed by atoms with E-state index < -0.39 is 0 Å². The second-order valence-electron chi connectivity index (χ2n) is 12.2. The first-order chi connectivity index (χ1) is 21.4. The van der Waals surface area contributed by atoms with Crippen LogP contribution < -0.4 is 4.90 Å². The molecule has 0 unspecified atom stereocenters. The summed E-state index contributed by atoms with van der Waals surface area (Å²) in [5.41, 5.74) is 6.03. The van der Waals surface area contributed by atoms with Gasteiger partial charge in [-0.3, -0.25) is 9.78 Å². The fourth-order valence-corrected chi connectivity index (χ4v) is 8.84. The van der Waals surface area contributed by atoms with Crippen molar-refractivity contribution >= 4 is 55.3 Å². The van der Waals surface area contributed by atoms with Gasteiger partial charge in [0.25, 0.3) is 0 Å². The number of amides is 1. The first-order valence-electron chi connectivity index (χ1n) is 15.4. The topological polar surface area (TPSA) is 80.0 Å². The number of nitrogens with zero attached hydrogens (tertiary/aromatic N) is 7. The molecule has 11 heteroatoms. The van der Waals surface area contributed by atoms with Crippen molar-refractivity contribution in [2.45, 2.75) is 50.9 Å². The molecule has 44 heavy (non-hydrogen) atoms. The Morgan fingerprint density at radius 3 is 2.45 bits per heavy atom. The number of anilines is 1. The third-order valence-electron chi connectivity index (χ3n) is 9.60. The van der Waals surface area contributed by atoms with Crippen LogP contribution in [0.15, 0.2) is 63.7 Å². The highest BCUT2D eigenvalue weighted by Gasteiger charge is 2.37. The van der Waals surface area contributed by atoms with Crippen LogP contribution in [-0.4, -0.2) is 62.2 Å². The van der Waals surface area contributed by atoms with E-state index in [1.165, 1.54) is 22.4 Å². The van der Waals surface area contributed by atoms with Crippen LogP contribution in [0.3, 0.4) is 0 Å². The lowest BCUT2D eigenvalue weighted by molar-refractivity contribution is -0.133. The zero-order valence-electron chi connectivity index (χ0n) is 24.4. The van der Waals surface area contributed by atoms with E-state index in [0.29, 0.717) is 18.3 Å². The van der Waals surface area contributed by atoms with Crippen LogP contribution in [0.2, 0.25) is 5.02 Å². The zero-order chi connectivity index (χ0) is 30.2. The number of carbonyl (C=O) groups excluding carboxylic acids is 1. The molecular weight excluding hydrogens is 706 g/mol. The summed E-state index contributed by atoms with van der Waals surface area (Å²) in [5, 5.41) is 13.2. The summed E-state index contributed by atoms with van der Waals surface area (Å²) in [6, 6.07) is 16.3. The van der Waals surface area contributed by atoms with Gasteiger partial charge in [-0.1, -0.05) is 50.8 Å². The lowest BCUT2D eigenvalue weighted by atomic mass is 9.76. The summed E-state index contributed by atoms with van der Waals surface area (Å²) in [7, 11) is 0. The van der Waals surface area contributed by atoms with Crippen molar-refractivity contribution in [2.24, 2.45) is 11.8 Å². The number of pyridine rings is 1. The molecule has 0 spiro atoms. The maximum atomic E-state index is 13.5. The molecule has 2 saturated heterocycles. The SMILES string of the molecule is O=C(CC1CCN(c2nnnn2-c2ccccc2)CC1)N1CCC([C@H]2c3ncc(Br)cc3CCc3cc(Cl)cc(Br)c32)CC1. The van der Waals surface area contributed by atoms with Crippen LogP contribution in [0.5, 0.6) is 0 Å². The van der Waals surface area contributed by atoms with E-state index in [-0.39, 0.29) is 11.8 Å². The number of carbonyl (C=O) groups is 1. The Balaban J connectivity index is 0.992. The van der Waals surface area contributed by atoms with Gasteiger partial charge in [-0.2, -0.15) is 4.68 Å². The molecule has 1 atom stereocenters. The second-order valence-corrected chi connectivity index (χ2v) is 14.4. The number of aryl methyl sites for hydroxylation is 2. The number of rotatable bonds is 5. The normalized spacial score (nSPS) is 19.4. The molecule has 0 bridgehead atoms. The summed E-state index contributed by atoms with van der Waals surface area (Å²) in [6.45, 7) is 3.26. The van der Waals surface area contributed by atoms with Crippen LogP contribution in [0.4, 0.5) is 5.95 Å². The Hall–Kier alpha value is -2.82. The second kappa shape index (κ2) is 12.9. The largest absolute Gasteiger partial charge is 0.343 e. The number of para-hydroxylation sites is 1. The Bertz CT molecular complexity index is 1650. The Morgan fingerprint density at radius 2 is 1.68 bits per heavy atom. The number of hydrogen-bond acceptors (Lipinski definition) is 6. The van der Waals surface area contributed by atoms with Crippen molar-refractivity contribution in [2.75, 3.05) is 31.1 Å². The van der Waals surface area contributed by atoms with E-state index in [2.05, 4.69) is 69.3 Å². The number of likely N-dealkylation sites (tertiary alicyclic amines) is 1. The van der Waals surface area contributed by atoms with Crippen LogP contribution >= 0.6 is 43.5 Å². The molecule has 4 aromatic rings. The smallest absolute Gasteiger partial charge is 0.250 e. The number of benzene rings is 2. The van der Waals surface area contributed by atoms with Crippen LogP contribution in [-0.2, 0) is 17.6 Å². The quantitative estimate of drug-likeness (QED) is 0.219. The fraction of sp³-hybridized carbons (Fsp3) is 0.424. The number of halogens is 3. The molecule has 8 nitrogen and oxygen atoms in total. The molecule has 228 valence electrons. The van der Waals surface area contributed by atoms with E-state index in [1.807, 2.05) is 42.6 Å². The number of aromatic nitrogens is 5. The minimum absolute atomic E-state index is 0.177. The van der Waals surface area contributed by atoms with Crippen molar-refractivity contribution in [3.8, 4) is 5.69 Å². The van der Waals surface area contributed by atoms with Gasteiger partial charge < -0.3 is 9.80 Å². The average Bonchev–Trinajstić information content (AvgIpc) is 3.47. The molecule has 2 fully saturated rings. The van der Waals surface area contributed by atoms with E-state index in [0.717, 1.165) is 90.3 Å². The van der Waals surface area contributed by atoms with Gasteiger partial charge in [-0.15, -0.1) is 0 Å². The maximum absolute atomic E-state index is 13.5. The molecule has 2 aromatic heterocycles. The molecule has 0 N–H and O–H groups in total. The van der Waals surface area contributed by atoms with E-state index in [4.69, 9.17) is 16.6 Å². The molecule has 0 saturated carbocycles. The minimum Gasteiger partial charge on any atom is -0.343 e. The van der Waals surface area contributed by atoms with Gasteiger partial charge in [0.1, 0.15) is 0 Å². The molecule has 7 rings (SSSR count). The standard InChI is InChI=1S/C33H34Br2ClN7O/c34-25-17-24-7-6-23-18-26(36)19-28(35)30(23)31(32(24)37-20-25)22-10-14-41(15-11-22)29(44)16-21-8-12-42(13-9-21)33-38-39-40-43(33)27-4-2-1-3-5-27/h1-5,17-22,31H,6-16H2/t31-/m1/s1. The Morgan fingerprint density at radius 1 is 0.932 bits per heavy atom. The molecule has 4 heterocycles. The summed E-state index contributed by atoms with van der Waals surface area (Å²) < 4.78 is 3.87. The molecule has 1 amide bonds. The lowest BCUT2D eigenvalue weighted by Gasteiger charge is -2.38. The van der Waals surface area contributed by atoms with E-state index >= 15 is 0 Å². The summed E-state index contributed by atoms with van der Waals surface area (Å²) in [5.74, 6) is 2.01. The molecule has 1 aliphatic carbocycles. The van der Waals surface area contributed by atoms with E-state index in [1.54, 1.807) is 4.68 Å². The van der Waals surface area contributed by atoms with Crippen LogP contribution in [0.1, 0.15) is 60.4 Å². The summed E-state index contributed by atoms with van der Waals surface area (Å²) in [6.07, 6.45) is 8.24. The summed E-state index contributed by atoms with van der Waals surface area (Å²) in [4.78, 5) is 22.8. The highest BCUT2D eigenvalue weighted by molar-refractivity contribution is 9.10.